The molecule has 1 amide bonds. The molecule has 17 heavy (non-hydrogen) atoms. The van der Waals surface area contributed by atoms with Crippen LogP contribution in [0, 0.1) is 0 Å². The Morgan fingerprint density at radius 2 is 2.24 bits per heavy atom. The van der Waals surface area contributed by atoms with Crippen LogP contribution in [0.1, 0.15) is 23.7 Å². The number of thiol groups is 1. The van der Waals surface area contributed by atoms with E-state index in [9.17, 15) is 4.79 Å². The van der Waals surface area contributed by atoms with Crippen molar-refractivity contribution in [2.45, 2.75) is 18.2 Å². The van der Waals surface area contributed by atoms with Crippen LogP contribution in [0.4, 0.5) is 0 Å². The largest absolute Gasteiger partial charge is 0.334 e. The summed E-state index contributed by atoms with van der Waals surface area (Å²) in [4.78, 5) is 15.0. The van der Waals surface area contributed by atoms with E-state index in [1.807, 2.05) is 23.1 Å². The quantitative estimate of drug-likeness (QED) is 0.621. The molecule has 2 nitrogen and oxygen atoms in total. The Morgan fingerprint density at radius 1 is 1.47 bits per heavy atom. The van der Waals surface area contributed by atoms with E-state index in [1.165, 1.54) is 5.57 Å². The molecular weight excluding hydrogens is 298 g/mol. The molecule has 0 bridgehead atoms. The van der Waals surface area contributed by atoms with E-state index in [4.69, 9.17) is 0 Å². The SMILES string of the molecule is CC1=CCCN(C(=O)c2cc(S)ccc2Br)C1. The Labute approximate surface area is 115 Å². The smallest absolute Gasteiger partial charge is 0.255 e. The lowest BCUT2D eigenvalue weighted by atomic mass is 10.1. The molecule has 0 fully saturated rings. The minimum absolute atomic E-state index is 0.0697. The predicted molar refractivity (Wildman–Crippen MR) is 75.7 cm³/mol. The first-order valence-corrected chi connectivity index (χ1v) is 6.75. The van der Waals surface area contributed by atoms with Gasteiger partial charge in [-0.25, -0.2) is 0 Å². The fourth-order valence-electron chi connectivity index (χ4n) is 1.93. The van der Waals surface area contributed by atoms with Gasteiger partial charge in [0, 0.05) is 22.5 Å². The van der Waals surface area contributed by atoms with Crippen molar-refractivity contribution in [2.75, 3.05) is 13.1 Å². The zero-order valence-electron chi connectivity index (χ0n) is 9.61. The molecule has 1 aromatic carbocycles. The van der Waals surface area contributed by atoms with Gasteiger partial charge in [-0.05, 0) is 47.5 Å². The van der Waals surface area contributed by atoms with Gasteiger partial charge in [0.05, 0.1) is 5.56 Å². The molecule has 0 unspecified atom stereocenters. The number of benzene rings is 1. The topological polar surface area (TPSA) is 20.3 Å². The van der Waals surface area contributed by atoms with Crippen LogP contribution in [-0.4, -0.2) is 23.9 Å². The van der Waals surface area contributed by atoms with Gasteiger partial charge in [0.15, 0.2) is 0 Å². The summed E-state index contributed by atoms with van der Waals surface area (Å²) in [7, 11) is 0. The molecular formula is C13H14BrNOS. The summed E-state index contributed by atoms with van der Waals surface area (Å²) in [5, 5.41) is 0. The summed E-state index contributed by atoms with van der Waals surface area (Å²) in [5.74, 6) is 0.0697. The van der Waals surface area contributed by atoms with E-state index >= 15 is 0 Å². The van der Waals surface area contributed by atoms with Gasteiger partial charge >= 0.3 is 0 Å². The summed E-state index contributed by atoms with van der Waals surface area (Å²) < 4.78 is 0.826. The first-order valence-electron chi connectivity index (χ1n) is 5.51. The zero-order valence-corrected chi connectivity index (χ0v) is 12.1. The summed E-state index contributed by atoms with van der Waals surface area (Å²) >= 11 is 7.69. The Bertz CT molecular complexity index is 484. The molecule has 1 aliphatic heterocycles. The van der Waals surface area contributed by atoms with Crippen LogP contribution >= 0.6 is 28.6 Å². The molecule has 0 radical (unpaired) electrons. The highest BCUT2D eigenvalue weighted by Gasteiger charge is 2.20. The molecule has 2 rings (SSSR count). The standard InChI is InChI=1S/C13H14BrNOS/c1-9-3-2-6-15(8-9)13(16)11-7-10(17)4-5-12(11)14/h3-5,7,17H,2,6,8H2,1H3. The highest BCUT2D eigenvalue weighted by Crippen LogP contribution is 2.23. The minimum atomic E-state index is 0.0697. The van der Waals surface area contributed by atoms with Crippen LogP contribution in [-0.2, 0) is 0 Å². The van der Waals surface area contributed by atoms with Crippen LogP contribution in [0.15, 0.2) is 39.2 Å². The lowest BCUT2D eigenvalue weighted by Crippen LogP contribution is -2.35. The number of rotatable bonds is 1. The van der Waals surface area contributed by atoms with E-state index in [1.54, 1.807) is 0 Å². The third-order valence-corrected chi connectivity index (χ3v) is 3.77. The average Bonchev–Trinajstić information content (AvgIpc) is 2.31. The van der Waals surface area contributed by atoms with E-state index in [0.717, 1.165) is 28.9 Å². The van der Waals surface area contributed by atoms with Gasteiger partial charge in [-0.2, -0.15) is 0 Å². The van der Waals surface area contributed by atoms with Crippen LogP contribution in [0.25, 0.3) is 0 Å². The molecule has 0 spiro atoms. The molecule has 0 saturated carbocycles. The highest BCUT2D eigenvalue weighted by atomic mass is 79.9. The number of halogens is 1. The molecule has 1 aromatic rings. The van der Waals surface area contributed by atoms with Gasteiger partial charge in [-0.3, -0.25) is 4.79 Å². The average molecular weight is 312 g/mol. The maximum Gasteiger partial charge on any atom is 0.255 e. The fraction of sp³-hybridized carbons (Fsp3) is 0.308. The van der Waals surface area contributed by atoms with Gasteiger partial charge in [0.2, 0.25) is 0 Å². The highest BCUT2D eigenvalue weighted by molar-refractivity contribution is 9.10. The summed E-state index contributed by atoms with van der Waals surface area (Å²) in [6.45, 7) is 3.57. The van der Waals surface area contributed by atoms with Gasteiger partial charge in [-0.1, -0.05) is 11.6 Å². The molecule has 0 saturated heterocycles. The van der Waals surface area contributed by atoms with Crippen molar-refractivity contribution in [3.8, 4) is 0 Å². The molecule has 1 heterocycles. The van der Waals surface area contributed by atoms with Crippen LogP contribution < -0.4 is 0 Å². The van der Waals surface area contributed by atoms with Crippen molar-refractivity contribution in [2.24, 2.45) is 0 Å². The van der Waals surface area contributed by atoms with Crippen LogP contribution in [0.2, 0.25) is 0 Å². The van der Waals surface area contributed by atoms with Crippen molar-refractivity contribution >= 4 is 34.5 Å². The van der Waals surface area contributed by atoms with Crippen molar-refractivity contribution < 1.29 is 4.79 Å². The summed E-state index contributed by atoms with van der Waals surface area (Å²) in [6, 6.07) is 5.54. The van der Waals surface area contributed by atoms with E-state index in [-0.39, 0.29) is 5.91 Å². The normalized spacial score (nSPS) is 15.7. The zero-order chi connectivity index (χ0) is 12.4. The molecule has 1 aliphatic rings. The predicted octanol–water partition coefficient (Wildman–Crippen LogP) is 3.53. The summed E-state index contributed by atoms with van der Waals surface area (Å²) in [5.41, 5.74) is 1.94. The third kappa shape index (κ3) is 2.93. The Hall–Kier alpha value is -0.740. The van der Waals surface area contributed by atoms with E-state index in [2.05, 4.69) is 41.6 Å². The number of carbonyl (C=O) groups is 1. The molecule has 90 valence electrons. The van der Waals surface area contributed by atoms with Crippen molar-refractivity contribution in [3.05, 3.63) is 39.9 Å². The van der Waals surface area contributed by atoms with Crippen molar-refractivity contribution in [1.82, 2.24) is 4.90 Å². The third-order valence-electron chi connectivity index (χ3n) is 2.80. The molecule has 0 aliphatic carbocycles. The van der Waals surface area contributed by atoms with E-state index in [0.29, 0.717) is 5.56 Å². The maximum absolute atomic E-state index is 12.4. The first-order chi connectivity index (χ1) is 8.08. The maximum atomic E-state index is 12.4. The van der Waals surface area contributed by atoms with Gasteiger partial charge < -0.3 is 4.90 Å². The molecule has 4 heteroatoms. The first kappa shape index (κ1) is 12.7. The number of nitrogens with zero attached hydrogens (tertiary/aromatic N) is 1. The second kappa shape index (κ2) is 5.27. The number of hydrogen-bond acceptors (Lipinski definition) is 2. The number of amides is 1. The minimum Gasteiger partial charge on any atom is -0.334 e. The fourth-order valence-corrected chi connectivity index (χ4v) is 2.55. The van der Waals surface area contributed by atoms with Crippen molar-refractivity contribution in [3.63, 3.8) is 0 Å². The Balaban J connectivity index is 2.25. The van der Waals surface area contributed by atoms with Gasteiger partial charge in [0.1, 0.15) is 0 Å². The second-order valence-corrected chi connectivity index (χ2v) is 5.60. The van der Waals surface area contributed by atoms with Crippen molar-refractivity contribution in [1.29, 1.82) is 0 Å². The molecule has 0 N–H and O–H groups in total. The molecule has 0 atom stereocenters. The lowest BCUT2D eigenvalue weighted by Gasteiger charge is -2.26. The van der Waals surface area contributed by atoms with Gasteiger partial charge in [-0.15, -0.1) is 12.6 Å². The Morgan fingerprint density at radius 3 is 2.94 bits per heavy atom. The van der Waals surface area contributed by atoms with Crippen LogP contribution in [0.5, 0.6) is 0 Å². The number of carbonyl (C=O) groups excluding carboxylic acids is 1. The monoisotopic (exact) mass is 311 g/mol. The lowest BCUT2D eigenvalue weighted by molar-refractivity contribution is 0.0765. The van der Waals surface area contributed by atoms with Crippen LogP contribution in [0.3, 0.4) is 0 Å². The second-order valence-electron chi connectivity index (χ2n) is 4.23. The van der Waals surface area contributed by atoms with E-state index < -0.39 is 0 Å². The summed E-state index contributed by atoms with van der Waals surface area (Å²) in [6.07, 6.45) is 3.13. The van der Waals surface area contributed by atoms with Gasteiger partial charge in [0.25, 0.3) is 5.91 Å². The number of hydrogen-bond donors (Lipinski definition) is 1. The Kier molecular flexibility index (Phi) is 3.94. The molecule has 0 aromatic heterocycles.